The van der Waals surface area contributed by atoms with E-state index in [0.29, 0.717) is 12.1 Å². The summed E-state index contributed by atoms with van der Waals surface area (Å²) in [5.74, 6) is -0.803. The van der Waals surface area contributed by atoms with Gasteiger partial charge in [-0.3, -0.25) is 0 Å². The second kappa shape index (κ2) is 4.84. The molecule has 0 heterocycles. The van der Waals surface area contributed by atoms with E-state index in [1.165, 1.54) is 25.0 Å². The molecule has 3 nitrogen and oxygen atoms in total. The van der Waals surface area contributed by atoms with Gasteiger partial charge in [-0.15, -0.1) is 0 Å². The molecule has 4 heteroatoms. The molecule has 0 saturated heterocycles. The van der Waals surface area contributed by atoms with E-state index in [2.05, 4.69) is 4.90 Å². The molecule has 0 radical (unpaired) electrons. The van der Waals surface area contributed by atoms with Crippen molar-refractivity contribution >= 4 is 5.97 Å². The van der Waals surface area contributed by atoms with Crippen molar-refractivity contribution < 1.29 is 14.3 Å². The molecule has 0 atom stereocenters. The third-order valence-electron chi connectivity index (χ3n) is 2.92. The number of benzene rings is 1. The van der Waals surface area contributed by atoms with Gasteiger partial charge in [0.25, 0.3) is 0 Å². The van der Waals surface area contributed by atoms with Crippen LogP contribution in [0.5, 0.6) is 0 Å². The Balaban J connectivity index is 2.05. The third kappa shape index (κ3) is 3.53. The molecule has 17 heavy (non-hydrogen) atoms. The van der Waals surface area contributed by atoms with E-state index in [0.717, 1.165) is 18.5 Å². The van der Waals surface area contributed by atoms with Gasteiger partial charge in [-0.2, -0.15) is 0 Å². The minimum Gasteiger partial charge on any atom is -0.478 e. The fourth-order valence-corrected chi connectivity index (χ4v) is 1.98. The standard InChI is InChI=1S/C13H16FNO2/c1-15(7-9-2-3-9)8-10-4-11(13(16)17)6-12(14)5-10/h4-6,9H,2-3,7-8H2,1H3,(H,16,17). The zero-order valence-corrected chi connectivity index (χ0v) is 9.82. The van der Waals surface area contributed by atoms with Crippen LogP contribution in [0.25, 0.3) is 0 Å². The molecule has 1 aliphatic rings. The third-order valence-corrected chi connectivity index (χ3v) is 2.92. The second-order valence-electron chi connectivity index (χ2n) is 4.79. The Morgan fingerprint density at radius 2 is 2.18 bits per heavy atom. The molecular weight excluding hydrogens is 221 g/mol. The molecule has 1 N–H and O–H groups in total. The molecule has 1 aromatic rings. The van der Waals surface area contributed by atoms with Crippen LogP contribution < -0.4 is 0 Å². The molecule has 92 valence electrons. The Hall–Kier alpha value is -1.42. The number of nitrogens with zero attached hydrogens (tertiary/aromatic N) is 1. The summed E-state index contributed by atoms with van der Waals surface area (Å²) in [6.45, 7) is 1.59. The van der Waals surface area contributed by atoms with E-state index < -0.39 is 11.8 Å². The Labute approximate surface area is 99.9 Å². The maximum atomic E-state index is 13.2. The van der Waals surface area contributed by atoms with Crippen molar-refractivity contribution in [3.63, 3.8) is 0 Å². The maximum Gasteiger partial charge on any atom is 0.335 e. The van der Waals surface area contributed by atoms with E-state index in [9.17, 15) is 9.18 Å². The van der Waals surface area contributed by atoms with E-state index >= 15 is 0 Å². The molecule has 0 bridgehead atoms. The van der Waals surface area contributed by atoms with Crippen molar-refractivity contribution in [3.8, 4) is 0 Å². The van der Waals surface area contributed by atoms with Gasteiger partial charge < -0.3 is 10.0 Å². The first-order valence-corrected chi connectivity index (χ1v) is 5.76. The molecule has 0 spiro atoms. The Kier molecular flexibility index (Phi) is 3.43. The molecule has 0 aromatic heterocycles. The minimum atomic E-state index is -1.09. The van der Waals surface area contributed by atoms with Crippen LogP contribution in [-0.2, 0) is 6.54 Å². The number of carboxylic acids is 1. The lowest BCUT2D eigenvalue weighted by Crippen LogP contribution is -2.20. The van der Waals surface area contributed by atoms with Crippen LogP contribution in [0.2, 0.25) is 0 Å². The van der Waals surface area contributed by atoms with Crippen LogP contribution in [-0.4, -0.2) is 29.6 Å². The largest absolute Gasteiger partial charge is 0.478 e. The highest BCUT2D eigenvalue weighted by Gasteiger charge is 2.22. The Morgan fingerprint density at radius 1 is 1.47 bits per heavy atom. The van der Waals surface area contributed by atoms with Gasteiger partial charge >= 0.3 is 5.97 Å². The summed E-state index contributed by atoms with van der Waals surface area (Å²) in [6.07, 6.45) is 2.54. The molecule has 0 unspecified atom stereocenters. The predicted molar refractivity (Wildman–Crippen MR) is 62.4 cm³/mol. The van der Waals surface area contributed by atoms with Crippen molar-refractivity contribution in [2.45, 2.75) is 19.4 Å². The van der Waals surface area contributed by atoms with E-state index in [1.807, 2.05) is 7.05 Å². The summed E-state index contributed by atoms with van der Waals surface area (Å²) in [4.78, 5) is 12.9. The molecule has 1 fully saturated rings. The lowest BCUT2D eigenvalue weighted by atomic mass is 10.1. The van der Waals surface area contributed by atoms with E-state index in [1.54, 1.807) is 0 Å². The lowest BCUT2D eigenvalue weighted by Gasteiger charge is -2.16. The summed E-state index contributed by atoms with van der Waals surface area (Å²) < 4.78 is 13.2. The lowest BCUT2D eigenvalue weighted by molar-refractivity contribution is 0.0696. The number of rotatable bonds is 5. The van der Waals surface area contributed by atoms with Crippen LogP contribution >= 0.6 is 0 Å². The van der Waals surface area contributed by atoms with Crippen LogP contribution in [0, 0.1) is 11.7 Å². The molecule has 1 saturated carbocycles. The highest BCUT2D eigenvalue weighted by atomic mass is 19.1. The molecule has 0 amide bonds. The first-order valence-electron chi connectivity index (χ1n) is 5.76. The number of carboxylic acid groups (broad SMARTS) is 1. The second-order valence-corrected chi connectivity index (χ2v) is 4.79. The quantitative estimate of drug-likeness (QED) is 0.854. The van der Waals surface area contributed by atoms with Gasteiger partial charge in [0.1, 0.15) is 5.82 Å². The molecule has 2 rings (SSSR count). The highest BCUT2D eigenvalue weighted by molar-refractivity contribution is 5.87. The monoisotopic (exact) mass is 237 g/mol. The van der Waals surface area contributed by atoms with Crippen molar-refractivity contribution in [1.29, 1.82) is 0 Å². The van der Waals surface area contributed by atoms with Gasteiger partial charge in [-0.1, -0.05) is 0 Å². The normalized spacial score (nSPS) is 15.2. The highest BCUT2D eigenvalue weighted by Crippen LogP contribution is 2.29. The number of halogens is 1. The Morgan fingerprint density at radius 3 is 2.76 bits per heavy atom. The van der Waals surface area contributed by atoms with Crippen LogP contribution in [0.15, 0.2) is 18.2 Å². The van der Waals surface area contributed by atoms with E-state index in [-0.39, 0.29) is 5.56 Å². The van der Waals surface area contributed by atoms with Crippen molar-refractivity contribution in [3.05, 3.63) is 35.1 Å². The van der Waals surface area contributed by atoms with Gasteiger partial charge in [0.2, 0.25) is 0 Å². The SMILES string of the molecule is CN(Cc1cc(F)cc(C(=O)O)c1)CC1CC1. The summed E-state index contributed by atoms with van der Waals surface area (Å²) >= 11 is 0. The summed E-state index contributed by atoms with van der Waals surface area (Å²) in [5, 5.41) is 8.84. The first-order chi connectivity index (χ1) is 8.04. The van der Waals surface area contributed by atoms with Crippen LogP contribution in [0.3, 0.4) is 0 Å². The van der Waals surface area contributed by atoms with Crippen molar-refractivity contribution in [2.75, 3.05) is 13.6 Å². The zero-order chi connectivity index (χ0) is 12.4. The van der Waals surface area contributed by atoms with Crippen molar-refractivity contribution in [1.82, 2.24) is 4.90 Å². The number of carbonyl (C=O) groups is 1. The number of hydrogen-bond acceptors (Lipinski definition) is 2. The number of aromatic carboxylic acids is 1. The fraction of sp³-hybridized carbons (Fsp3) is 0.462. The van der Waals surface area contributed by atoms with Gasteiger partial charge in [0.05, 0.1) is 5.56 Å². The van der Waals surface area contributed by atoms with Gasteiger partial charge in [-0.05, 0) is 49.6 Å². The summed E-state index contributed by atoms with van der Waals surface area (Å²) in [5.41, 5.74) is 0.727. The molecule has 1 aromatic carbocycles. The average molecular weight is 237 g/mol. The van der Waals surface area contributed by atoms with Gasteiger partial charge in [0.15, 0.2) is 0 Å². The molecule has 1 aliphatic carbocycles. The van der Waals surface area contributed by atoms with Gasteiger partial charge in [-0.25, -0.2) is 9.18 Å². The average Bonchev–Trinajstić information content (AvgIpc) is 3.00. The zero-order valence-electron chi connectivity index (χ0n) is 9.82. The molecule has 0 aliphatic heterocycles. The van der Waals surface area contributed by atoms with Crippen LogP contribution in [0.1, 0.15) is 28.8 Å². The number of hydrogen-bond donors (Lipinski definition) is 1. The smallest absolute Gasteiger partial charge is 0.335 e. The maximum absolute atomic E-state index is 13.2. The molecular formula is C13H16FNO2. The Bertz CT molecular complexity index is 429. The first kappa shape index (κ1) is 12.0. The summed E-state index contributed by atoms with van der Waals surface area (Å²) in [7, 11) is 1.98. The van der Waals surface area contributed by atoms with E-state index in [4.69, 9.17) is 5.11 Å². The fourth-order valence-electron chi connectivity index (χ4n) is 1.98. The van der Waals surface area contributed by atoms with Crippen LogP contribution in [0.4, 0.5) is 4.39 Å². The van der Waals surface area contributed by atoms with Crippen molar-refractivity contribution in [2.24, 2.45) is 5.92 Å². The topological polar surface area (TPSA) is 40.5 Å². The predicted octanol–water partition coefficient (Wildman–Crippen LogP) is 2.37. The van der Waals surface area contributed by atoms with Gasteiger partial charge in [0, 0.05) is 13.1 Å². The summed E-state index contributed by atoms with van der Waals surface area (Å²) in [6, 6.07) is 3.98. The minimum absolute atomic E-state index is 0.0137.